The fourth-order valence-electron chi connectivity index (χ4n) is 4.26. The van der Waals surface area contributed by atoms with E-state index >= 15 is 0 Å². The number of imidazole rings is 1. The first-order valence-corrected chi connectivity index (χ1v) is 10.3. The van der Waals surface area contributed by atoms with Crippen molar-refractivity contribution < 1.29 is 14.3 Å². The first kappa shape index (κ1) is 20.2. The number of fused-ring (bicyclic) bond motifs is 1. The van der Waals surface area contributed by atoms with Gasteiger partial charge in [-0.05, 0) is 56.5 Å². The van der Waals surface area contributed by atoms with Crippen molar-refractivity contribution in [1.82, 2.24) is 19.4 Å². The van der Waals surface area contributed by atoms with E-state index in [9.17, 15) is 4.79 Å². The topological polar surface area (TPSA) is 69.5 Å². The molecule has 2 aromatic heterocycles. The van der Waals surface area contributed by atoms with Crippen LogP contribution in [0.5, 0.6) is 11.5 Å². The smallest absolute Gasteiger partial charge is 0.254 e. The summed E-state index contributed by atoms with van der Waals surface area (Å²) >= 11 is 0. The van der Waals surface area contributed by atoms with Crippen LogP contribution in [-0.4, -0.2) is 52.7 Å². The SMILES string of the molecule is COc1ccc(C(=O)N2CC[C@@H](Cc3nc4cccnc4n3C(C)C)C2)cc1OC. The highest BCUT2D eigenvalue weighted by atomic mass is 16.5. The van der Waals surface area contributed by atoms with Crippen molar-refractivity contribution in [2.24, 2.45) is 5.92 Å². The Morgan fingerprint density at radius 1 is 1.20 bits per heavy atom. The van der Waals surface area contributed by atoms with Crippen molar-refractivity contribution in [3.05, 3.63) is 47.9 Å². The van der Waals surface area contributed by atoms with Crippen molar-refractivity contribution in [3.63, 3.8) is 0 Å². The first-order valence-electron chi connectivity index (χ1n) is 10.3. The number of likely N-dealkylation sites (tertiary alicyclic amines) is 1. The minimum Gasteiger partial charge on any atom is -0.493 e. The van der Waals surface area contributed by atoms with Gasteiger partial charge >= 0.3 is 0 Å². The molecular formula is C23H28N4O3. The van der Waals surface area contributed by atoms with Crippen LogP contribution in [0.3, 0.4) is 0 Å². The lowest BCUT2D eigenvalue weighted by molar-refractivity contribution is 0.0786. The molecule has 1 fully saturated rings. The maximum atomic E-state index is 13.0. The number of hydrogen-bond acceptors (Lipinski definition) is 5. The molecule has 4 rings (SSSR count). The zero-order valence-corrected chi connectivity index (χ0v) is 18.0. The number of pyridine rings is 1. The van der Waals surface area contributed by atoms with E-state index in [2.05, 4.69) is 23.4 Å². The second kappa shape index (κ2) is 8.34. The molecule has 0 spiro atoms. The van der Waals surface area contributed by atoms with Gasteiger partial charge in [0.05, 0.1) is 14.2 Å². The summed E-state index contributed by atoms with van der Waals surface area (Å²) in [6.45, 7) is 5.78. The monoisotopic (exact) mass is 408 g/mol. The van der Waals surface area contributed by atoms with E-state index < -0.39 is 0 Å². The van der Waals surface area contributed by atoms with E-state index in [0.29, 0.717) is 23.0 Å². The molecule has 158 valence electrons. The van der Waals surface area contributed by atoms with Crippen LogP contribution >= 0.6 is 0 Å². The molecule has 0 saturated carbocycles. The highest BCUT2D eigenvalue weighted by Gasteiger charge is 2.29. The average molecular weight is 409 g/mol. The van der Waals surface area contributed by atoms with Crippen LogP contribution in [0.1, 0.15) is 42.5 Å². The van der Waals surface area contributed by atoms with Crippen molar-refractivity contribution in [1.29, 1.82) is 0 Å². The second-order valence-corrected chi connectivity index (χ2v) is 8.02. The van der Waals surface area contributed by atoms with E-state index in [4.69, 9.17) is 14.5 Å². The molecule has 7 nitrogen and oxygen atoms in total. The standard InChI is InChI=1S/C23H28N4O3/c1-15(2)27-21(25-18-6-5-10-24-22(18)27)12-16-9-11-26(14-16)23(28)17-7-8-19(29-3)20(13-17)30-4/h5-8,10,13,15-16H,9,11-12,14H2,1-4H3/t16-/m0/s1. The maximum Gasteiger partial charge on any atom is 0.254 e. The lowest BCUT2D eigenvalue weighted by Crippen LogP contribution is -2.29. The number of ether oxygens (including phenoxy) is 2. The van der Waals surface area contributed by atoms with Gasteiger partial charge in [-0.25, -0.2) is 9.97 Å². The summed E-state index contributed by atoms with van der Waals surface area (Å²) in [5.74, 6) is 2.64. The third kappa shape index (κ3) is 3.72. The normalized spacial score (nSPS) is 16.4. The van der Waals surface area contributed by atoms with Gasteiger partial charge in [0.15, 0.2) is 17.1 Å². The summed E-state index contributed by atoms with van der Waals surface area (Å²) < 4.78 is 12.8. The van der Waals surface area contributed by atoms with Crippen LogP contribution in [0, 0.1) is 5.92 Å². The lowest BCUT2D eigenvalue weighted by Gasteiger charge is -2.18. The van der Waals surface area contributed by atoms with Crippen LogP contribution in [0.4, 0.5) is 0 Å². The molecular weight excluding hydrogens is 380 g/mol. The third-order valence-electron chi connectivity index (χ3n) is 5.71. The van der Waals surface area contributed by atoms with Gasteiger partial charge in [-0.3, -0.25) is 4.79 Å². The molecule has 1 atom stereocenters. The predicted molar refractivity (Wildman–Crippen MR) is 115 cm³/mol. The van der Waals surface area contributed by atoms with Crippen LogP contribution < -0.4 is 9.47 Å². The zero-order chi connectivity index (χ0) is 21.3. The van der Waals surface area contributed by atoms with Gasteiger partial charge in [-0.1, -0.05) is 0 Å². The molecule has 1 amide bonds. The first-order chi connectivity index (χ1) is 14.5. The summed E-state index contributed by atoms with van der Waals surface area (Å²) in [5.41, 5.74) is 2.48. The second-order valence-electron chi connectivity index (χ2n) is 8.02. The Balaban J connectivity index is 1.50. The number of aromatic nitrogens is 3. The molecule has 1 aromatic carbocycles. The largest absolute Gasteiger partial charge is 0.493 e. The van der Waals surface area contributed by atoms with E-state index in [0.717, 1.165) is 42.9 Å². The third-order valence-corrected chi connectivity index (χ3v) is 5.71. The summed E-state index contributed by atoms with van der Waals surface area (Å²) in [7, 11) is 3.16. The Morgan fingerprint density at radius 2 is 2.00 bits per heavy atom. The minimum absolute atomic E-state index is 0.0254. The van der Waals surface area contributed by atoms with Crippen molar-refractivity contribution in [2.75, 3.05) is 27.3 Å². The molecule has 30 heavy (non-hydrogen) atoms. The van der Waals surface area contributed by atoms with Gasteiger partial charge < -0.3 is 18.9 Å². The summed E-state index contributed by atoms with van der Waals surface area (Å²) in [6, 6.07) is 9.53. The van der Waals surface area contributed by atoms with Gasteiger partial charge in [0.2, 0.25) is 0 Å². The Hall–Kier alpha value is -3.09. The van der Waals surface area contributed by atoms with Crippen molar-refractivity contribution in [3.8, 4) is 11.5 Å². The molecule has 0 N–H and O–H groups in total. The van der Waals surface area contributed by atoms with Gasteiger partial charge in [0.25, 0.3) is 5.91 Å². The lowest BCUT2D eigenvalue weighted by atomic mass is 10.0. The van der Waals surface area contributed by atoms with Crippen LogP contribution in [-0.2, 0) is 6.42 Å². The van der Waals surface area contributed by atoms with Crippen LogP contribution in [0.15, 0.2) is 36.5 Å². The molecule has 0 aliphatic carbocycles. The van der Waals surface area contributed by atoms with Gasteiger partial charge in [-0.2, -0.15) is 0 Å². The van der Waals surface area contributed by atoms with E-state index in [1.807, 2.05) is 23.2 Å². The highest BCUT2D eigenvalue weighted by molar-refractivity contribution is 5.95. The van der Waals surface area contributed by atoms with Crippen LogP contribution in [0.25, 0.3) is 11.2 Å². The van der Waals surface area contributed by atoms with Gasteiger partial charge in [-0.15, -0.1) is 0 Å². The minimum atomic E-state index is 0.0254. The quantitative estimate of drug-likeness (QED) is 0.622. The fourth-order valence-corrected chi connectivity index (χ4v) is 4.26. The van der Waals surface area contributed by atoms with Gasteiger partial charge in [0, 0.05) is 37.3 Å². The highest BCUT2D eigenvalue weighted by Crippen LogP contribution is 2.30. The zero-order valence-electron chi connectivity index (χ0n) is 18.0. The summed E-state index contributed by atoms with van der Waals surface area (Å²) in [6.07, 6.45) is 3.61. The number of methoxy groups -OCH3 is 2. The van der Waals surface area contributed by atoms with E-state index in [1.54, 1.807) is 32.4 Å². The number of carbonyl (C=O) groups is 1. The predicted octanol–water partition coefficient (Wildman–Crippen LogP) is 3.73. The molecule has 7 heteroatoms. The Kier molecular flexibility index (Phi) is 5.61. The fraction of sp³-hybridized carbons (Fsp3) is 0.435. The number of benzene rings is 1. The molecule has 1 aliphatic heterocycles. The Morgan fingerprint density at radius 3 is 2.73 bits per heavy atom. The Bertz CT molecular complexity index is 1060. The molecule has 0 radical (unpaired) electrons. The molecule has 3 heterocycles. The number of hydrogen-bond donors (Lipinski definition) is 0. The summed E-state index contributed by atoms with van der Waals surface area (Å²) in [4.78, 5) is 24.3. The Labute approximate surface area is 176 Å². The molecule has 3 aromatic rings. The summed E-state index contributed by atoms with van der Waals surface area (Å²) in [5, 5.41) is 0. The number of amides is 1. The number of carbonyl (C=O) groups excluding carboxylic acids is 1. The number of rotatable bonds is 6. The average Bonchev–Trinajstić information content (AvgIpc) is 3.37. The van der Waals surface area contributed by atoms with Crippen molar-refractivity contribution in [2.45, 2.75) is 32.7 Å². The van der Waals surface area contributed by atoms with Gasteiger partial charge in [0.1, 0.15) is 11.3 Å². The molecule has 0 unspecified atom stereocenters. The maximum absolute atomic E-state index is 13.0. The molecule has 0 bridgehead atoms. The van der Waals surface area contributed by atoms with Crippen LogP contribution in [0.2, 0.25) is 0 Å². The molecule has 1 aliphatic rings. The number of nitrogens with zero attached hydrogens (tertiary/aromatic N) is 4. The molecule has 1 saturated heterocycles. The van der Waals surface area contributed by atoms with E-state index in [1.165, 1.54) is 0 Å². The van der Waals surface area contributed by atoms with Crippen molar-refractivity contribution >= 4 is 17.1 Å². The van der Waals surface area contributed by atoms with E-state index in [-0.39, 0.29) is 11.9 Å².